The van der Waals surface area contributed by atoms with Crippen molar-refractivity contribution in [2.75, 3.05) is 32.7 Å². The van der Waals surface area contributed by atoms with E-state index in [4.69, 9.17) is 0 Å². The molecule has 1 rings (SSSR count). The lowest BCUT2D eigenvalue weighted by molar-refractivity contribution is 0.458. The third-order valence-electron chi connectivity index (χ3n) is 4.99. The van der Waals surface area contributed by atoms with Crippen molar-refractivity contribution >= 4 is 6.34 Å². The first-order chi connectivity index (χ1) is 12.4. The molecule has 0 unspecified atom stereocenters. The van der Waals surface area contributed by atoms with Gasteiger partial charge in [0.15, 0.2) is 0 Å². The van der Waals surface area contributed by atoms with E-state index in [0.29, 0.717) is 0 Å². The number of aliphatic imine (C=N–C) groups is 1. The average Bonchev–Trinajstić information content (AvgIpc) is 3.14. The van der Waals surface area contributed by atoms with Crippen LogP contribution in [0.2, 0.25) is 0 Å². The normalized spacial score (nSPS) is 14.2. The van der Waals surface area contributed by atoms with Gasteiger partial charge in [-0.25, -0.2) is 0 Å². The van der Waals surface area contributed by atoms with E-state index in [1.807, 2.05) is 6.34 Å². The van der Waals surface area contributed by atoms with E-state index in [2.05, 4.69) is 34.3 Å². The van der Waals surface area contributed by atoms with Gasteiger partial charge in [0.25, 0.3) is 0 Å². The lowest BCUT2D eigenvalue weighted by atomic mass is 10.0. The van der Waals surface area contributed by atoms with Crippen LogP contribution in [0, 0.1) is 0 Å². The second kappa shape index (κ2) is 18.0. The van der Waals surface area contributed by atoms with Crippen LogP contribution in [0.1, 0.15) is 90.4 Å². The Hall–Kier alpha value is -0.830. The van der Waals surface area contributed by atoms with Crippen LogP contribution in [-0.4, -0.2) is 44.0 Å². The van der Waals surface area contributed by atoms with Gasteiger partial charge in [0, 0.05) is 26.2 Å². The number of hydrogen-bond donors (Lipinski definition) is 1. The first-order valence-electron chi connectivity index (χ1n) is 11.0. The summed E-state index contributed by atoms with van der Waals surface area (Å²) in [4.78, 5) is 6.50. The zero-order valence-electron chi connectivity index (χ0n) is 16.9. The Morgan fingerprint density at radius 2 is 1.52 bits per heavy atom. The molecule has 0 aromatic heterocycles. The van der Waals surface area contributed by atoms with Gasteiger partial charge < -0.3 is 10.2 Å². The number of unbranched alkanes of at least 4 members (excludes halogenated alkanes) is 12. The zero-order valence-corrected chi connectivity index (χ0v) is 16.9. The lowest BCUT2D eigenvalue weighted by Gasteiger charge is -2.13. The second-order valence-corrected chi connectivity index (χ2v) is 7.41. The summed E-state index contributed by atoms with van der Waals surface area (Å²) in [5.41, 5.74) is 0. The Morgan fingerprint density at radius 1 is 0.880 bits per heavy atom. The topological polar surface area (TPSA) is 27.6 Å². The summed E-state index contributed by atoms with van der Waals surface area (Å²) in [6.07, 6.45) is 25.0. The van der Waals surface area contributed by atoms with Gasteiger partial charge in [-0.05, 0) is 12.8 Å². The van der Waals surface area contributed by atoms with Gasteiger partial charge in [0.2, 0.25) is 0 Å². The Kier molecular flexibility index (Phi) is 16.0. The van der Waals surface area contributed by atoms with Crippen molar-refractivity contribution in [1.29, 1.82) is 0 Å². The first kappa shape index (κ1) is 22.2. The van der Waals surface area contributed by atoms with Gasteiger partial charge in [-0.1, -0.05) is 89.7 Å². The van der Waals surface area contributed by atoms with Gasteiger partial charge in [0.1, 0.15) is 0 Å². The highest BCUT2D eigenvalue weighted by Crippen LogP contribution is 2.12. The van der Waals surface area contributed by atoms with Crippen molar-refractivity contribution < 1.29 is 0 Å². The Balaban J connectivity index is 1.69. The van der Waals surface area contributed by atoms with Crippen LogP contribution < -0.4 is 5.32 Å². The van der Waals surface area contributed by atoms with Crippen LogP contribution in [0.3, 0.4) is 0 Å². The molecule has 1 aliphatic heterocycles. The van der Waals surface area contributed by atoms with Gasteiger partial charge in [-0.15, -0.1) is 0 Å². The third kappa shape index (κ3) is 15.2. The highest BCUT2D eigenvalue weighted by Gasteiger charge is 2.02. The molecule has 0 radical (unpaired) electrons. The van der Waals surface area contributed by atoms with Crippen molar-refractivity contribution in [3.8, 4) is 0 Å². The number of allylic oxidation sites excluding steroid dienone is 1. The molecule has 0 fully saturated rings. The molecule has 1 aliphatic rings. The Bertz CT molecular complexity index is 325. The van der Waals surface area contributed by atoms with E-state index in [1.165, 1.54) is 83.5 Å². The monoisotopic (exact) mass is 349 g/mol. The molecule has 0 aliphatic carbocycles. The van der Waals surface area contributed by atoms with Crippen LogP contribution >= 0.6 is 0 Å². The van der Waals surface area contributed by atoms with E-state index >= 15 is 0 Å². The maximum absolute atomic E-state index is 4.22. The van der Waals surface area contributed by atoms with Crippen molar-refractivity contribution in [1.82, 2.24) is 10.2 Å². The van der Waals surface area contributed by atoms with Gasteiger partial charge in [-0.3, -0.25) is 4.99 Å². The molecule has 3 nitrogen and oxygen atoms in total. The van der Waals surface area contributed by atoms with Crippen molar-refractivity contribution in [2.45, 2.75) is 90.4 Å². The van der Waals surface area contributed by atoms with E-state index in [9.17, 15) is 0 Å². The average molecular weight is 350 g/mol. The minimum Gasteiger partial charge on any atom is -0.360 e. The van der Waals surface area contributed by atoms with Crippen LogP contribution in [0.15, 0.2) is 17.1 Å². The lowest BCUT2D eigenvalue weighted by Crippen LogP contribution is -2.30. The Labute approximate surface area is 157 Å². The van der Waals surface area contributed by atoms with E-state index < -0.39 is 0 Å². The fourth-order valence-corrected chi connectivity index (χ4v) is 3.30. The van der Waals surface area contributed by atoms with Gasteiger partial charge in [-0.2, -0.15) is 0 Å². The van der Waals surface area contributed by atoms with E-state index in [-0.39, 0.29) is 0 Å². The molecule has 1 N–H and O–H groups in total. The third-order valence-corrected chi connectivity index (χ3v) is 4.99. The standard InChI is InChI=1S/C22H43N3/c1-2-3-4-5-6-7-8-9-10-11-12-13-14-15-16-17-23-18-20-25-21-19-24-22-25/h15-16,22-23H,2-14,17-21H2,1H3. The summed E-state index contributed by atoms with van der Waals surface area (Å²) >= 11 is 0. The molecule has 0 aromatic carbocycles. The van der Waals surface area contributed by atoms with Crippen LogP contribution in [0.4, 0.5) is 0 Å². The molecular weight excluding hydrogens is 306 g/mol. The fourth-order valence-electron chi connectivity index (χ4n) is 3.30. The molecular formula is C22H43N3. The quantitative estimate of drug-likeness (QED) is 0.259. The predicted molar refractivity (Wildman–Crippen MR) is 113 cm³/mol. The van der Waals surface area contributed by atoms with Crippen LogP contribution in [0.25, 0.3) is 0 Å². The molecule has 0 saturated carbocycles. The minimum absolute atomic E-state index is 0.971. The summed E-state index contributed by atoms with van der Waals surface area (Å²) in [5, 5.41) is 3.47. The SMILES string of the molecule is CCCCCCCCCCCCCCC=CCNCCN1C=NCC1. The van der Waals surface area contributed by atoms with Gasteiger partial charge >= 0.3 is 0 Å². The molecule has 0 bridgehead atoms. The zero-order chi connectivity index (χ0) is 17.8. The van der Waals surface area contributed by atoms with Crippen molar-refractivity contribution in [3.05, 3.63) is 12.2 Å². The Morgan fingerprint density at radius 3 is 2.12 bits per heavy atom. The van der Waals surface area contributed by atoms with Crippen LogP contribution in [0.5, 0.6) is 0 Å². The first-order valence-corrected chi connectivity index (χ1v) is 11.0. The highest BCUT2D eigenvalue weighted by molar-refractivity contribution is 5.56. The van der Waals surface area contributed by atoms with Crippen molar-refractivity contribution in [3.63, 3.8) is 0 Å². The molecule has 0 atom stereocenters. The van der Waals surface area contributed by atoms with Crippen molar-refractivity contribution in [2.24, 2.45) is 4.99 Å². The molecule has 0 aromatic rings. The number of nitrogens with zero attached hydrogens (tertiary/aromatic N) is 2. The number of nitrogens with one attached hydrogen (secondary N) is 1. The molecule has 3 heteroatoms. The fraction of sp³-hybridized carbons (Fsp3) is 0.864. The summed E-state index contributed by atoms with van der Waals surface area (Å²) in [5.74, 6) is 0. The highest BCUT2D eigenvalue weighted by atomic mass is 15.2. The smallest absolute Gasteiger partial charge is 0.0851 e. The molecule has 0 saturated heterocycles. The maximum Gasteiger partial charge on any atom is 0.0851 e. The summed E-state index contributed by atoms with van der Waals surface area (Å²) in [7, 11) is 0. The van der Waals surface area contributed by atoms with Gasteiger partial charge in [0.05, 0.1) is 12.9 Å². The maximum atomic E-state index is 4.22. The summed E-state index contributed by atoms with van der Waals surface area (Å²) in [6.45, 7) is 7.49. The largest absolute Gasteiger partial charge is 0.360 e. The summed E-state index contributed by atoms with van der Waals surface area (Å²) in [6, 6.07) is 0. The minimum atomic E-state index is 0.971. The number of hydrogen-bond acceptors (Lipinski definition) is 3. The molecule has 146 valence electrons. The van der Waals surface area contributed by atoms with E-state index in [1.54, 1.807) is 0 Å². The molecule has 0 spiro atoms. The molecule has 0 amide bonds. The molecule has 1 heterocycles. The summed E-state index contributed by atoms with van der Waals surface area (Å²) < 4.78 is 0. The van der Waals surface area contributed by atoms with Crippen LogP contribution in [-0.2, 0) is 0 Å². The molecule has 25 heavy (non-hydrogen) atoms. The second-order valence-electron chi connectivity index (χ2n) is 7.41. The number of rotatable bonds is 18. The predicted octanol–water partition coefficient (Wildman–Crippen LogP) is 5.57. The van der Waals surface area contributed by atoms with E-state index in [0.717, 1.165) is 32.7 Å².